The maximum atomic E-state index is 9.02. The van der Waals surface area contributed by atoms with Gasteiger partial charge in [-0.25, -0.2) is 0 Å². The van der Waals surface area contributed by atoms with Gasteiger partial charge in [0, 0.05) is 23.0 Å². The molecule has 0 aromatic heterocycles. The largest absolute Gasteiger partial charge is 0.493 e. The normalized spacial score (nSPS) is 20.7. The molecule has 2 aliphatic rings. The molecule has 3 nitrogen and oxygen atoms in total. The highest BCUT2D eigenvalue weighted by Gasteiger charge is 2.22. The third-order valence-electron chi connectivity index (χ3n) is 4.45. The lowest BCUT2D eigenvalue weighted by atomic mass is 10.0. The second-order valence-electron chi connectivity index (χ2n) is 6.49. The summed E-state index contributed by atoms with van der Waals surface area (Å²) in [4.78, 5) is 0. The highest BCUT2D eigenvalue weighted by Crippen LogP contribution is 2.34. The molecule has 4 rings (SSSR count). The molecule has 0 bridgehead atoms. The molecule has 0 unspecified atom stereocenters. The van der Waals surface area contributed by atoms with Gasteiger partial charge in [0.25, 0.3) is 0 Å². The van der Waals surface area contributed by atoms with Crippen molar-refractivity contribution in [2.45, 2.75) is 32.6 Å². The zero-order chi connectivity index (χ0) is 16.4. The van der Waals surface area contributed by atoms with Crippen molar-refractivity contribution in [1.29, 1.82) is 0 Å². The van der Waals surface area contributed by atoms with E-state index in [1.807, 2.05) is 19.1 Å². The summed E-state index contributed by atoms with van der Waals surface area (Å²) in [5, 5.41) is 9.02. The Morgan fingerprint density at radius 1 is 0.913 bits per heavy atom. The van der Waals surface area contributed by atoms with Crippen LogP contribution in [0.2, 0.25) is 0 Å². The average Bonchev–Trinajstić information content (AvgIpc) is 3.11. The molecule has 2 atom stereocenters. The molecule has 2 heterocycles. The third kappa shape index (κ3) is 3.35. The summed E-state index contributed by atoms with van der Waals surface area (Å²) in [6, 6.07) is 12.5. The van der Waals surface area contributed by atoms with Crippen LogP contribution < -0.4 is 9.47 Å². The highest BCUT2D eigenvalue weighted by molar-refractivity contribution is 5.42. The van der Waals surface area contributed by atoms with Crippen molar-refractivity contribution in [2.24, 2.45) is 0 Å². The standard InChI is InChI=1S/C10H12O2.C10H12O/c1-7-2-3-10-9(4-7)8(5-11)6-12-10;1-7-3-4-10-9(5-7)8(2)6-11-10/h2-4,8,11H,5-6H2,1H3;3-5,8H,6H2,1-2H3/t2*8-/m01/s1. The second kappa shape index (κ2) is 6.63. The molecular formula is C20H24O3. The molecule has 0 amide bonds. The summed E-state index contributed by atoms with van der Waals surface area (Å²) < 4.78 is 10.9. The van der Waals surface area contributed by atoms with E-state index in [0.717, 1.165) is 23.7 Å². The van der Waals surface area contributed by atoms with Crippen LogP contribution in [0.5, 0.6) is 11.5 Å². The first-order valence-corrected chi connectivity index (χ1v) is 8.16. The van der Waals surface area contributed by atoms with Gasteiger partial charge < -0.3 is 14.6 Å². The molecule has 23 heavy (non-hydrogen) atoms. The molecule has 0 fully saturated rings. The van der Waals surface area contributed by atoms with Crippen LogP contribution in [0.1, 0.15) is 41.0 Å². The van der Waals surface area contributed by atoms with E-state index in [9.17, 15) is 0 Å². The number of ether oxygens (including phenoxy) is 2. The number of aryl methyl sites for hydroxylation is 2. The zero-order valence-electron chi connectivity index (χ0n) is 14.0. The van der Waals surface area contributed by atoms with Crippen LogP contribution in [0.4, 0.5) is 0 Å². The van der Waals surface area contributed by atoms with E-state index in [0.29, 0.717) is 12.5 Å². The summed E-state index contributed by atoms with van der Waals surface area (Å²) in [5.41, 5.74) is 5.06. The van der Waals surface area contributed by atoms with Gasteiger partial charge in [-0.2, -0.15) is 0 Å². The molecule has 3 heteroatoms. The third-order valence-corrected chi connectivity index (χ3v) is 4.45. The van der Waals surface area contributed by atoms with E-state index >= 15 is 0 Å². The molecule has 1 N–H and O–H groups in total. The number of hydrogen-bond acceptors (Lipinski definition) is 3. The van der Waals surface area contributed by atoms with Gasteiger partial charge >= 0.3 is 0 Å². The Hall–Kier alpha value is -2.00. The minimum absolute atomic E-state index is 0.177. The van der Waals surface area contributed by atoms with Crippen molar-refractivity contribution in [3.8, 4) is 11.5 Å². The minimum atomic E-state index is 0.177. The Labute approximate surface area is 137 Å². The van der Waals surface area contributed by atoms with Gasteiger partial charge in [-0.15, -0.1) is 0 Å². The quantitative estimate of drug-likeness (QED) is 0.866. The van der Waals surface area contributed by atoms with Crippen molar-refractivity contribution in [3.63, 3.8) is 0 Å². The Morgan fingerprint density at radius 2 is 1.48 bits per heavy atom. The maximum Gasteiger partial charge on any atom is 0.123 e. The maximum absolute atomic E-state index is 9.02. The van der Waals surface area contributed by atoms with Crippen LogP contribution in [0, 0.1) is 13.8 Å². The molecule has 0 aliphatic carbocycles. The van der Waals surface area contributed by atoms with Crippen LogP contribution in [0.25, 0.3) is 0 Å². The molecule has 0 saturated heterocycles. The lowest BCUT2D eigenvalue weighted by Crippen LogP contribution is -2.04. The van der Waals surface area contributed by atoms with Crippen molar-refractivity contribution >= 4 is 0 Å². The van der Waals surface area contributed by atoms with E-state index in [2.05, 4.69) is 38.1 Å². The van der Waals surface area contributed by atoms with Gasteiger partial charge in [0.1, 0.15) is 11.5 Å². The highest BCUT2D eigenvalue weighted by atomic mass is 16.5. The summed E-state index contributed by atoms with van der Waals surface area (Å²) in [6.45, 7) is 8.01. The molecular weight excluding hydrogens is 288 g/mol. The first-order chi connectivity index (χ1) is 11.1. The molecule has 2 aromatic rings. The fourth-order valence-electron chi connectivity index (χ4n) is 3.04. The van der Waals surface area contributed by atoms with Crippen LogP contribution >= 0.6 is 0 Å². The molecule has 0 spiro atoms. The van der Waals surface area contributed by atoms with Gasteiger partial charge in [-0.3, -0.25) is 0 Å². The van der Waals surface area contributed by atoms with Crippen LogP contribution in [0.3, 0.4) is 0 Å². The van der Waals surface area contributed by atoms with Crippen LogP contribution in [0.15, 0.2) is 36.4 Å². The van der Waals surface area contributed by atoms with E-state index in [1.54, 1.807) is 0 Å². The minimum Gasteiger partial charge on any atom is -0.493 e. The number of aliphatic hydroxyl groups excluding tert-OH is 1. The average molecular weight is 312 g/mol. The van der Waals surface area contributed by atoms with Crippen molar-refractivity contribution < 1.29 is 14.6 Å². The number of fused-ring (bicyclic) bond motifs is 2. The number of aliphatic hydroxyl groups is 1. The Morgan fingerprint density at radius 3 is 2.13 bits per heavy atom. The predicted octanol–water partition coefficient (Wildman–Crippen LogP) is 3.95. The number of hydrogen-bond donors (Lipinski definition) is 1. The van der Waals surface area contributed by atoms with E-state index in [4.69, 9.17) is 14.6 Å². The Bertz CT molecular complexity index is 693. The van der Waals surface area contributed by atoms with E-state index in [1.165, 1.54) is 16.7 Å². The van der Waals surface area contributed by atoms with Crippen molar-refractivity contribution in [3.05, 3.63) is 58.7 Å². The number of rotatable bonds is 1. The van der Waals surface area contributed by atoms with Gasteiger partial charge in [0.15, 0.2) is 0 Å². The zero-order valence-corrected chi connectivity index (χ0v) is 14.0. The summed E-state index contributed by atoms with van der Waals surface area (Å²) in [7, 11) is 0. The second-order valence-corrected chi connectivity index (χ2v) is 6.49. The fraction of sp³-hybridized carbons (Fsp3) is 0.400. The van der Waals surface area contributed by atoms with Gasteiger partial charge in [0.05, 0.1) is 19.8 Å². The summed E-state index contributed by atoms with van der Waals surface area (Å²) >= 11 is 0. The SMILES string of the molecule is Cc1ccc2c(c1)[C@@H](CO)CO2.Cc1ccc2c(c1)[C@H](C)CO2. The molecule has 122 valence electrons. The molecule has 0 saturated carbocycles. The molecule has 2 aromatic carbocycles. The monoisotopic (exact) mass is 312 g/mol. The summed E-state index contributed by atoms with van der Waals surface area (Å²) in [6.07, 6.45) is 0. The first kappa shape index (κ1) is 15.9. The van der Waals surface area contributed by atoms with E-state index in [-0.39, 0.29) is 12.5 Å². The van der Waals surface area contributed by atoms with Crippen molar-refractivity contribution in [1.82, 2.24) is 0 Å². The topological polar surface area (TPSA) is 38.7 Å². The predicted molar refractivity (Wildman–Crippen MR) is 91.6 cm³/mol. The first-order valence-electron chi connectivity index (χ1n) is 8.16. The van der Waals surface area contributed by atoms with Gasteiger partial charge in [-0.05, 0) is 26.0 Å². The molecule has 0 radical (unpaired) electrons. The van der Waals surface area contributed by atoms with Gasteiger partial charge in [-0.1, -0.05) is 42.3 Å². The Balaban J connectivity index is 0.000000136. The molecule has 2 aliphatic heterocycles. The van der Waals surface area contributed by atoms with E-state index < -0.39 is 0 Å². The fourth-order valence-corrected chi connectivity index (χ4v) is 3.04. The lowest BCUT2D eigenvalue weighted by Gasteiger charge is -2.03. The summed E-state index contributed by atoms with van der Waals surface area (Å²) in [5.74, 6) is 2.76. The number of benzene rings is 2. The van der Waals surface area contributed by atoms with Crippen molar-refractivity contribution in [2.75, 3.05) is 19.8 Å². The van der Waals surface area contributed by atoms with Crippen LogP contribution in [-0.2, 0) is 0 Å². The van der Waals surface area contributed by atoms with Gasteiger partial charge in [0.2, 0.25) is 0 Å². The van der Waals surface area contributed by atoms with Crippen LogP contribution in [-0.4, -0.2) is 24.9 Å². The lowest BCUT2D eigenvalue weighted by molar-refractivity contribution is 0.232. The Kier molecular flexibility index (Phi) is 4.58. The smallest absolute Gasteiger partial charge is 0.123 e.